The minimum atomic E-state index is 0.871. The molecule has 0 N–H and O–H groups in total. The first kappa shape index (κ1) is 12.0. The highest BCUT2D eigenvalue weighted by atomic mass is 15.1. The van der Waals surface area contributed by atoms with Crippen molar-refractivity contribution in [3.8, 4) is 0 Å². The zero-order valence-electron chi connectivity index (χ0n) is 10.4. The summed E-state index contributed by atoms with van der Waals surface area (Å²) in [5, 5.41) is 0. The molecule has 0 radical (unpaired) electrons. The third kappa shape index (κ3) is 3.61. The number of nitrogens with zero attached hydrogens (tertiary/aromatic N) is 1. The molecule has 0 spiro atoms. The summed E-state index contributed by atoms with van der Waals surface area (Å²) >= 11 is 0. The molecule has 0 saturated heterocycles. The van der Waals surface area contributed by atoms with Gasteiger partial charge in [-0.15, -0.1) is 0 Å². The molecular formula is C13H27N. The van der Waals surface area contributed by atoms with E-state index >= 15 is 0 Å². The SMILES string of the molecule is CCC(C)CC(C)CN(C)C1CCC1. The number of rotatable bonds is 6. The summed E-state index contributed by atoms with van der Waals surface area (Å²) in [5.41, 5.74) is 0. The molecule has 1 rings (SSSR count). The predicted octanol–water partition coefficient (Wildman–Crippen LogP) is 3.54. The van der Waals surface area contributed by atoms with E-state index in [4.69, 9.17) is 0 Å². The van der Waals surface area contributed by atoms with E-state index in [-0.39, 0.29) is 0 Å². The molecule has 1 aliphatic carbocycles. The topological polar surface area (TPSA) is 3.24 Å². The van der Waals surface area contributed by atoms with Crippen molar-refractivity contribution in [3.05, 3.63) is 0 Å². The van der Waals surface area contributed by atoms with Gasteiger partial charge in [0.2, 0.25) is 0 Å². The Kier molecular flexibility index (Phi) is 4.94. The first-order chi connectivity index (χ1) is 6.63. The van der Waals surface area contributed by atoms with Crippen molar-refractivity contribution in [2.75, 3.05) is 13.6 Å². The predicted molar refractivity (Wildman–Crippen MR) is 63.5 cm³/mol. The summed E-state index contributed by atoms with van der Waals surface area (Å²) in [6.07, 6.45) is 7.05. The third-order valence-corrected chi connectivity index (χ3v) is 3.80. The van der Waals surface area contributed by atoms with Crippen LogP contribution in [0.4, 0.5) is 0 Å². The quantitative estimate of drug-likeness (QED) is 0.629. The Hall–Kier alpha value is -0.0400. The number of hydrogen-bond donors (Lipinski definition) is 0. The molecule has 0 bridgehead atoms. The van der Waals surface area contributed by atoms with Crippen LogP contribution in [0.15, 0.2) is 0 Å². The molecule has 0 aromatic rings. The smallest absolute Gasteiger partial charge is 0.00923 e. The zero-order chi connectivity index (χ0) is 10.6. The summed E-state index contributed by atoms with van der Waals surface area (Å²) < 4.78 is 0. The average Bonchev–Trinajstić information content (AvgIpc) is 1.99. The van der Waals surface area contributed by atoms with Crippen LogP contribution in [0.3, 0.4) is 0 Å². The van der Waals surface area contributed by atoms with Gasteiger partial charge in [0.1, 0.15) is 0 Å². The minimum Gasteiger partial charge on any atom is -0.303 e. The molecule has 0 aromatic carbocycles. The minimum absolute atomic E-state index is 0.871. The highest BCUT2D eigenvalue weighted by Gasteiger charge is 2.23. The second-order valence-electron chi connectivity index (χ2n) is 5.38. The molecule has 1 aliphatic rings. The molecule has 1 nitrogen and oxygen atoms in total. The summed E-state index contributed by atoms with van der Waals surface area (Å²) in [6.45, 7) is 8.38. The Balaban J connectivity index is 2.14. The molecule has 1 fully saturated rings. The van der Waals surface area contributed by atoms with Crippen LogP contribution in [-0.2, 0) is 0 Å². The summed E-state index contributed by atoms with van der Waals surface area (Å²) in [6, 6.07) is 0.911. The van der Waals surface area contributed by atoms with Crippen LogP contribution in [0.5, 0.6) is 0 Å². The van der Waals surface area contributed by atoms with Gasteiger partial charge in [0.05, 0.1) is 0 Å². The van der Waals surface area contributed by atoms with Crippen molar-refractivity contribution >= 4 is 0 Å². The molecule has 0 aliphatic heterocycles. The monoisotopic (exact) mass is 197 g/mol. The van der Waals surface area contributed by atoms with Crippen LogP contribution in [0.1, 0.15) is 52.9 Å². The zero-order valence-corrected chi connectivity index (χ0v) is 10.4. The van der Waals surface area contributed by atoms with E-state index < -0.39 is 0 Å². The lowest BCUT2D eigenvalue weighted by atomic mass is 9.90. The highest BCUT2D eigenvalue weighted by molar-refractivity contribution is 4.78. The average molecular weight is 197 g/mol. The van der Waals surface area contributed by atoms with Gasteiger partial charge < -0.3 is 4.90 Å². The number of hydrogen-bond acceptors (Lipinski definition) is 1. The van der Waals surface area contributed by atoms with Crippen LogP contribution in [0.25, 0.3) is 0 Å². The van der Waals surface area contributed by atoms with Crippen molar-refractivity contribution in [1.29, 1.82) is 0 Å². The standard InChI is InChI=1S/C13H27N/c1-5-11(2)9-12(3)10-14(4)13-7-6-8-13/h11-13H,5-10H2,1-4H3. The van der Waals surface area contributed by atoms with Crippen LogP contribution >= 0.6 is 0 Å². The van der Waals surface area contributed by atoms with Crippen LogP contribution in [0.2, 0.25) is 0 Å². The van der Waals surface area contributed by atoms with Gasteiger partial charge in [-0.05, 0) is 38.1 Å². The maximum atomic E-state index is 2.58. The fourth-order valence-corrected chi connectivity index (χ4v) is 2.40. The van der Waals surface area contributed by atoms with E-state index in [0.717, 1.165) is 17.9 Å². The van der Waals surface area contributed by atoms with Gasteiger partial charge in [-0.3, -0.25) is 0 Å². The first-order valence-electron chi connectivity index (χ1n) is 6.33. The molecule has 14 heavy (non-hydrogen) atoms. The molecule has 1 saturated carbocycles. The second-order valence-corrected chi connectivity index (χ2v) is 5.38. The molecular weight excluding hydrogens is 170 g/mol. The maximum absolute atomic E-state index is 2.58. The molecule has 0 heterocycles. The Labute approximate surface area is 89.9 Å². The molecule has 0 amide bonds. The molecule has 1 heteroatoms. The highest BCUT2D eigenvalue weighted by Crippen LogP contribution is 2.25. The Bertz CT molecular complexity index is 151. The van der Waals surface area contributed by atoms with Crippen LogP contribution < -0.4 is 0 Å². The van der Waals surface area contributed by atoms with E-state index in [1.807, 2.05) is 0 Å². The molecule has 2 unspecified atom stereocenters. The fraction of sp³-hybridized carbons (Fsp3) is 1.00. The first-order valence-corrected chi connectivity index (χ1v) is 6.33. The van der Waals surface area contributed by atoms with Gasteiger partial charge in [-0.2, -0.15) is 0 Å². The largest absolute Gasteiger partial charge is 0.303 e. The molecule has 0 aromatic heterocycles. The van der Waals surface area contributed by atoms with Gasteiger partial charge in [-0.1, -0.05) is 33.6 Å². The van der Waals surface area contributed by atoms with Gasteiger partial charge in [0.25, 0.3) is 0 Å². The van der Waals surface area contributed by atoms with Gasteiger partial charge in [0.15, 0.2) is 0 Å². The van der Waals surface area contributed by atoms with Crippen molar-refractivity contribution in [1.82, 2.24) is 4.90 Å². The van der Waals surface area contributed by atoms with Crippen LogP contribution in [0, 0.1) is 11.8 Å². The van der Waals surface area contributed by atoms with Gasteiger partial charge >= 0.3 is 0 Å². The van der Waals surface area contributed by atoms with E-state index in [9.17, 15) is 0 Å². The fourth-order valence-electron chi connectivity index (χ4n) is 2.40. The Morgan fingerprint density at radius 3 is 2.29 bits per heavy atom. The van der Waals surface area contributed by atoms with Crippen molar-refractivity contribution in [3.63, 3.8) is 0 Å². The second kappa shape index (κ2) is 5.75. The Morgan fingerprint density at radius 1 is 1.21 bits per heavy atom. The van der Waals surface area contributed by atoms with E-state index in [2.05, 4.69) is 32.7 Å². The van der Waals surface area contributed by atoms with E-state index in [0.29, 0.717) is 0 Å². The van der Waals surface area contributed by atoms with Crippen molar-refractivity contribution < 1.29 is 0 Å². The summed E-state index contributed by atoms with van der Waals surface area (Å²) in [5.74, 6) is 1.77. The van der Waals surface area contributed by atoms with E-state index in [1.54, 1.807) is 0 Å². The Morgan fingerprint density at radius 2 is 1.86 bits per heavy atom. The van der Waals surface area contributed by atoms with Crippen molar-refractivity contribution in [2.45, 2.75) is 58.9 Å². The van der Waals surface area contributed by atoms with E-state index in [1.165, 1.54) is 38.6 Å². The normalized spacial score (nSPS) is 22.1. The van der Waals surface area contributed by atoms with Crippen LogP contribution in [-0.4, -0.2) is 24.5 Å². The molecule has 84 valence electrons. The lowest BCUT2D eigenvalue weighted by molar-refractivity contribution is 0.135. The van der Waals surface area contributed by atoms with Crippen molar-refractivity contribution in [2.24, 2.45) is 11.8 Å². The third-order valence-electron chi connectivity index (χ3n) is 3.80. The summed E-state index contributed by atoms with van der Waals surface area (Å²) in [7, 11) is 2.30. The van der Waals surface area contributed by atoms with Gasteiger partial charge in [0, 0.05) is 12.6 Å². The lowest BCUT2D eigenvalue weighted by Crippen LogP contribution is -2.39. The maximum Gasteiger partial charge on any atom is 0.00923 e. The lowest BCUT2D eigenvalue weighted by Gasteiger charge is -2.36. The summed E-state index contributed by atoms with van der Waals surface area (Å²) in [4.78, 5) is 2.58. The van der Waals surface area contributed by atoms with Gasteiger partial charge in [-0.25, -0.2) is 0 Å². The molecule has 2 atom stereocenters.